The lowest BCUT2D eigenvalue weighted by Crippen LogP contribution is -2.57. The molecule has 1 aromatic heterocycles. The zero-order valence-corrected chi connectivity index (χ0v) is 20.4. The van der Waals surface area contributed by atoms with Crippen molar-refractivity contribution in [2.45, 2.75) is 51.1 Å². The second-order valence-corrected chi connectivity index (χ2v) is 10.3. The minimum atomic E-state index is -0.576. The molecular formula is C25H30ClN3O3S. The molecule has 0 spiro atoms. The van der Waals surface area contributed by atoms with Gasteiger partial charge in [-0.25, -0.2) is 0 Å². The quantitative estimate of drug-likeness (QED) is 0.677. The SMILES string of the molecule is C[C@H]1CCCCN1C(=O)[C@@H](NC(=O)c1cccs1)C1CCN(C(=O)c2ccc(Cl)cc2)CC1. The first kappa shape index (κ1) is 23.8. The summed E-state index contributed by atoms with van der Waals surface area (Å²) in [5.41, 5.74) is 0.610. The Morgan fingerprint density at radius 2 is 1.76 bits per heavy atom. The van der Waals surface area contributed by atoms with Gasteiger partial charge in [-0.05, 0) is 80.7 Å². The third-order valence-electron chi connectivity index (χ3n) is 6.77. The van der Waals surface area contributed by atoms with E-state index in [-0.39, 0.29) is 29.7 Å². The third kappa shape index (κ3) is 5.58. The molecule has 1 aromatic carbocycles. The predicted molar refractivity (Wildman–Crippen MR) is 131 cm³/mol. The van der Waals surface area contributed by atoms with Crippen LogP contribution in [0, 0.1) is 5.92 Å². The average molecular weight is 488 g/mol. The van der Waals surface area contributed by atoms with E-state index in [0.29, 0.717) is 41.4 Å². The van der Waals surface area contributed by atoms with Crippen molar-refractivity contribution in [2.24, 2.45) is 5.92 Å². The Morgan fingerprint density at radius 1 is 1.03 bits per heavy atom. The fourth-order valence-electron chi connectivity index (χ4n) is 4.82. The van der Waals surface area contributed by atoms with Crippen LogP contribution >= 0.6 is 22.9 Å². The van der Waals surface area contributed by atoms with Crippen molar-refractivity contribution in [1.29, 1.82) is 0 Å². The minimum Gasteiger partial charge on any atom is -0.339 e. The van der Waals surface area contributed by atoms with Crippen LogP contribution in [0.4, 0.5) is 0 Å². The number of likely N-dealkylation sites (tertiary alicyclic amines) is 2. The highest BCUT2D eigenvalue weighted by atomic mass is 35.5. The van der Waals surface area contributed by atoms with Gasteiger partial charge in [0.15, 0.2) is 0 Å². The first-order valence-corrected chi connectivity index (χ1v) is 12.9. The van der Waals surface area contributed by atoms with Crippen molar-refractivity contribution < 1.29 is 14.4 Å². The molecule has 8 heteroatoms. The number of amides is 3. The van der Waals surface area contributed by atoms with Crippen molar-refractivity contribution in [3.63, 3.8) is 0 Å². The maximum absolute atomic E-state index is 13.6. The van der Waals surface area contributed by atoms with Gasteiger partial charge in [0.05, 0.1) is 4.88 Å². The number of halogens is 1. The minimum absolute atomic E-state index is 0.00887. The van der Waals surface area contributed by atoms with Gasteiger partial charge in [0.2, 0.25) is 5.91 Å². The van der Waals surface area contributed by atoms with E-state index < -0.39 is 6.04 Å². The van der Waals surface area contributed by atoms with Gasteiger partial charge < -0.3 is 15.1 Å². The summed E-state index contributed by atoms with van der Waals surface area (Å²) in [5, 5.41) is 5.51. The molecule has 3 heterocycles. The Kier molecular flexibility index (Phi) is 7.71. The standard InChI is InChI=1S/C25H30ClN3O3S/c1-17-5-2-3-13-29(17)25(32)22(27-23(30)21-6-4-16-33-21)18-11-14-28(15-12-18)24(31)19-7-9-20(26)10-8-19/h4,6-10,16-18,22H,2-3,5,11-15H2,1H3,(H,27,30)/t17-,22-/m0/s1. The van der Waals surface area contributed by atoms with E-state index in [1.54, 1.807) is 30.3 Å². The van der Waals surface area contributed by atoms with Crippen LogP contribution in [0.25, 0.3) is 0 Å². The summed E-state index contributed by atoms with van der Waals surface area (Å²) >= 11 is 7.32. The number of hydrogen-bond acceptors (Lipinski definition) is 4. The monoisotopic (exact) mass is 487 g/mol. The van der Waals surface area contributed by atoms with Gasteiger partial charge in [-0.15, -0.1) is 11.3 Å². The number of thiophene rings is 1. The molecule has 1 N–H and O–H groups in total. The van der Waals surface area contributed by atoms with Gasteiger partial charge in [0.1, 0.15) is 6.04 Å². The number of nitrogens with one attached hydrogen (secondary N) is 1. The number of carbonyl (C=O) groups excluding carboxylic acids is 3. The molecule has 6 nitrogen and oxygen atoms in total. The van der Waals surface area contributed by atoms with Crippen LogP contribution in [0.3, 0.4) is 0 Å². The molecule has 2 aliphatic rings. The van der Waals surface area contributed by atoms with E-state index in [0.717, 1.165) is 25.8 Å². The average Bonchev–Trinajstić information content (AvgIpc) is 3.38. The Labute approximate surface area is 203 Å². The molecule has 2 aromatic rings. The van der Waals surface area contributed by atoms with Crippen molar-refractivity contribution >= 4 is 40.7 Å². The van der Waals surface area contributed by atoms with E-state index in [2.05, 4.69) is 12.2 Å². The Balaban J connectivity index is 1.46. The fraction of sp³-hybridized carbons (Fsp3) is 0.480. The summed E-state index contributed by atoms with van der Waals surface area (Å²) in [6, 6.07) is 10.1. The molecule has 33 heavy (non-hydrogen) atoms. The van der Waals surface area contributed by atoms with Crippen molar-refractivity contribution in [3.8, 4) is 0 Å². The lowest BCUT2D eigenvalue weighted by Gasteiger charge is -2.40. The number of benzene rings is 1. The molecule has 2 atom stereocenters. The molecule has 0 aliphatic carbocycles. The van der Waals surface area contributed by atoms with Gasteiger partial charge in [-0.1, -0.05) is 17.7 Å². The summed E-state index contributed by atoms with van der Waals surface area (Å²) in [7, 11) is 0. The second-order valence-electron chi connectivity index (χ2n) is 8.94. The molecule has 176 valence electrons. The maximum Gasteiger partial charge on any atom is 0.262 e. The highest BCUT2D eigenvalue weighted by molar-refractivity contribution is 7.12. The Bertz CT molecular complexity index is 971. The summed E-state index contributed by atoms with van der Waals surface area (Å²) in [6.45, 7) is 3.93. The van der Waals surface area contributed by atoms with Crippen LogP contribution in [0.2, 0.25) is 5.02 Å². The number of piperidine rings is 2. The lowest BCUT2D eigenvalue weighted by molar-refractivity contribution is -0.138. The number of rotatable bonds is 5. The third-order valence-corrected chi connectivity index (χ3v) is 7.89. The van der Waals surface area contributed by atoms with Crippen molar-refractivity contribution in [3.05, 3.63) is 57.2 Å². The van der Waals surface area contributed by atoms with E-state index in [4.69, 9.17) is 11.6 Å². The van der Waals surface area contributed by atoms with Gasteiger partial charge >= 0.3 is 0 Å². The van der Waals surface area contributed by atoms with Crippen LogP contribution in [-0.4, -0.2) is 59.2 Å². The first-order valence-electron chi connectivity index (χ1n) is 11.6. The molecule has 4 rings (SSSR count). The van der Waals surface area contributed by atoms with E-state index in [1.807, 2.05) is 21.2 Å². The zero-order valence-electron chi connectivity index (χ0n) is 18.8. The van der Waals surface area contributed by atoms with Gasteiger partial charge in [-0.3, -0.25) is 14.4 Å². The molecule has 2 fully saturated rings. The number of hydrogen-bond donors (Lipinski definition) is 1. The Morgan fingerprint density at radius 3 is 2.39 bits per heavy atom. The molecular weight excluding hydrogens is 458 g/mol. The molecule has 2 saturated heterocycles. The molecule has 0 unspecified atom stereocenters. The number of carbonyl (C=O) groups is 3. The number of nitrogens with zero attached hydrogens (tertiary/aromatic N) is 2. The van der Waals surface area contributed by atoms with Crippen molar-refractivity contribution in [1.82, 2.24) is 15.1 Å². The van der Waals surface area contributed by atoms with Crippen LogP contribution in [0.15, 0.2) is 41.8 Å². The zero-order chi connectivity index (χ0) is 23.4. The van der Waals surface area contributed by atoms with Crippen LogP contribution in [0.1, 0.15) is 59.1 Å². The topological polar surface area (TPSA) is 69.7 Å². The van der Waals surface area contributed by atoms with E-state index in [1.165, 1.54) is 11.3 Å². The highest BCUT2D eigenvalue weighted by Crippen LogP contribution is 2.27. The van der Waals surface area contributed by atoms with Gasteiger partial charge in [0, 0.05) is 36.3 Å². The normalized spacial score (nSPS) is 20.4. The summed E-state index contributed by atoms with van der Waals surface area (Å²) < 4.78 is 0. The molecule has 0 saturated carbocycles. The Hall–Kier alpha value is -2.38. The smallest absolute Gasteiger partial charge is 0.262 e. The van der Waals surface area contributed by atoms with Crippen LogP contribution in [0.5, 0.6) is 0 Å². The predicted octanol–water partition coefficient (Wildman–Crippen LogP) is 4.45. The molecule has 0 bridgehead atoms. The molecule has 2 aliphatic heterocycles. The fourth-order valence-corrected chi connectivity index (χ4v) is 5.57. The van der Waals surface area contributed by atoms with Gasteiger partial charge in [0.25, 0.3) is 11.8 Å². The van der Waals surface area contributed by atoms with Crippen LogP contribution < -0.4 is 5.32 Å². The summed E-state index contributed by atoms with van der Waals surface area (Å²) in [6.07, 6.45) is 4.45. The first-order chi connectivity index (χ1) is 15.9. The van der Waals surface area contributed by atoms with Gasteiger partial charge in [-0.2, -0.15) is 0 Å². The molecule has 0 radical (unpaired) electrons. The summed E-state index contributed by atoms with van der Waals surface area (Å²) in [4.78, 5) is 43.7. The van der Waals surface area contributed by atoms with E-state index >= 15 is 0 Å². The van der Waals surface area contributed by atoms with Crippen molar-refractivity contribution in [2.75, 3.05) is 19.6 Å². The second kappa shape index (κ2) is 10.7. The van der Waals surface area contributed by atoms with E-state index in [9.17, 15) is 14.4 Å². The summed E-state index contributed by atoms with van der Waals surface area (Å²) in [5.74, 6) is -0.229. The lowest BCUT2D eigenvalue weighted by atomic mass is 9.87. The molecule has 3 amide bonds. The largest absolute Gasteiger partial charge is 0.339 e. The highest BCUT2D eigenvalue weighted by Gasteiger charge is 2.38. The maximum atomic E-state index is 13.6. The van der Waals surface area contributed by atoms with Crippen LogP contribution in [-0.2, 0) is 4.79 Å².